The fraction of sp³-hybridized carbons (Fsp3) is 0.188. The summed E-state index contributed by atoms with van der Waals surface area (Å²) in [6, 6.07) is 12.4. The van der Waals surface area contributed by atoms with E-state index in [9.17, 15) is 4.79 Å². The van der Waals surface area contributed by atoms with Crippen molar-refractivity contribution < 1.29 is 14.3 Å². The highest BCUT2D eigenvalue weighted by Gasteiger charge is 2.17. The van der Waals surface area contributed by atoms with Gasteiger partial charge in [-0.3, -0.25) is 4.79 Å². The Hall–Kier alpha value is -2.20. The molecule has 0 aromatic heterocycles. The molecule has 1 heterocycles. The highest BCUT2D eigenvalue weighted by atomic mass is 35.5. The maximum absolute atomic E-state index is 12.3. The van der Waals surface area contributed by atoms with E-state index in [-0.39, 0.29) is 18.7 Å². The molecule has 1 atom stereocenters. The molecule has 0 fully saturated rings. The first kappa shape index (κ1) is 13.8. The Labute approximate surface area is 127 Å². The lowest BCUT2D eigenvalue weighted by Crippen LogP contribution is -2.26. The minimum absolute atomic E-state index is 0.137. The monoisotopic (exact) mass is 303 g/mol. The Kier molecular flexibility index (Phi) is 3.71. The molecule has 108 valence electrons. The molecule has 1 aliphatic heterocycles. The van der Waals surface area contributed by atoms with Crippen LogP contribution in [-0.2, 0) is 0 Å². The predicted molar refractivity (Wildman–Crippen MR) is 79.9 cm³/mol. The van der Waals surface area contributed by atoms with Gasteiger partial charge in [0.15, 0.2) is 11.5 Å². The molecule has 0 bridgehead atoms. The molecular weight excluding hydrogens is 290 g/mol. The number of fused-ring (bicyclic) bond motifs is 1. The quantitative estimate of drug-likeness (QED) is 0.943. The lowest BCUT2D eigenvalue weighted by molar-refractivity contribution is 0.0939. The van der Waals surface area contributed by atoms with Crippen LogP contribution in [0, 0.1) is 0 Å². The van der Waals surface area contributed by atoms with Crippen LogP contribution < -0.4 is 14.8 Å². The summed E-state index contributed by atoms with van der Waals surface area (Å²) in [5, 5.41) is 3.59. The topological polar surface area (TPSA) is 47.6 Å². The predicted octanol–water partition coefficient (Wildman–Crippen LogP) is 3.56. The summed E-state index contributed by atoms with van der Waals surface area (Å²) < 4.78 is 10.5. The van der Waals surface area contributed by atoms with E-state index < -0.39 is 0 Å². The second kappa shape index (κ2) is 5.66. The Morgan fingerprint density at radius 1 is 1.19 bits per heavy atom. The van der Waals surface area contributed by atoms with Crippen LogP contribution in [0.3, 0.4) is 0 Å². The van der Waals surface area contributed by atoms with Gasteiger partial charge in [-0.2, -0.15) is 0 Å². The second-order valence-corrected chi connectivity index (χ2v) is 5.25. The summed E-state index contributed by atoms with van der Waals surface area (Å²) in [5.74, 6) is 1.09. The van der Waals surface area contributed by atoms with E-state index >= 15 is 0 Å². The normalized spacial score (nSPS) is 13.8. The third-order valence-corrected chi connectivity index (χ3v) is 3.57. The van der Waals surface area contributed by atoms with Crippen LogP contribution in [0.15, 0.2) is 42.5 Å². The summed E-state index contributed by atoms with van der Waals surface area (Å²) >= 11 is 5.96. The van der Waals surface area contributed by atoms with Gasteiger partial charge >= 0.3 is 0 Å². The van der Waals surface area contributed by atoms with E-state index in [0.717, 1.165) is 5.56 Å². The smallest absolute Gasteiger partial charge is 0.251 e. The molecule has 21 heavy (non-hydrogen) atoms. The van der Waals surface area contributed by atoms with Gasteiger partial charge in [-0.25, -0.2) is 0 Å². The van der Waals surface area contributed by atoms with Gasteiger partial charge in [0.1, 0.15) is 0 Å². The number of carbonyl (C=O) groups is 1. The van der Waals surface area contributed by atoms with Crippen LogP contribution in [-0.4, -0.2) is 12.7 Å². The van der Waals surface area contributed by atoms with Crippen molar-refractivity contribution >= 4 is 17.5 Å². The lowest BCUT2D eigenvalue weighted by atomic mass is 10.1. The molecule has 2 aromatic carbocycles. The molecular formula is C16H14ClNO3. The van der Waals surface area contributed by atoms with Crippen molar-refractivity contribution in [2.75, 3.05) is 6.79 Å². The lowest BCUT2D eigenvalue weighted by Gasteiger charge is -2.14. The summed E-state index contributed by atoms with van der Waals surface area (Å²) in [6.07, 6.45) is 0. The Morgan fingerprint density at radius 2 is 2.00 bits per heavy atom. The van der Waals surface area contributed by atoms with Crippen molar-refractivity contribution in [3.63, 3.8) is 0 Å². The Bertz CT molecular complexity index is 687. The number of nitrogens with one attached hydrogen (secondary N) is 1. The molecule has 5 heteroatoms. The summed E-state index contributed by atoms with van der Waals surface area (Å²) in [6.45, 7) is 2.11. The van der Waals surface area contributed by atoms with Crippen molar-refractivity contribution in [1.82, 2.24) is 5.32 Å². The van der Waals surface area contributed by atoms with E-state index in [1.54, 1.807) is 24.3 Å². The SMILES string of the molecule is C[C@H](NC(=O)c1ccc2c(c1)OCO2)c1cccc(Cl)c1. The zero-order chi connectivity index (χ0) is 14.8. The van der Waals surface area contributed by atoms with E-state index in [0.29, 0.717) is 22.1 Å². The number of hydrogen-bond acceptors (Lipinski definition) is 3. The highest BCUT2D eigenvalue weighted by molar-refractivity contribution is 6.30. The Balaban J connectivity index is 1.74. The minimum Gasteiger partial charge on any atom is -0.454 e. The molecule has 3 rings (SSSR count). The summed E-state index contributed by atoms with van der Waals surface area (Å²) in [5.41, 5.74) is 1.49. The maximum atomic E-state index is 12.3. The Morgan fingerprint density at radius 3 is 2.81 bits per heavy atom. The molecule has 4 nitrogen and oxygen atoms in total. The largest absolute Gasteiger partial charge is 0.454 e. The van der Waals surface area contributed by atoms with Gasteiger partial charge in [-0.05, 0) is 42.8 Å². The first-order valence-electron chi connectivity index (χ1n) is 6.59. The van der Waals surface area contributed by atoms with Gasteiger partial charge in [0.2, 0.25) is 6.79 Å². The fourth-order valence-electron chi connectivity index (χ4n) is 2.18. The van der Waals surface area contributed by atoms with E-state index in [1.807, 2.05) is 25.1 Å². The molecule has 0 aliphatic carbocycles. The van der Waals surface area contributed by atoms with Crippen LogP contribution in [0.4, 0.5) is 0 Å². The number of ether oxygens (including phenoxy) is 2. The highest BCUT2D eigenvalue weighted by Crippen LogP contribution is 2.32. The van der Waals surface area contributed by atoms with Crippen LogP contribution in [0.1, 0.15) is 28.9 Å². The van der Waals surface area contributed by atoms with E-state index in [2.05, 4.69) is 5.32 Å². The first-order valence-corrected chi connectivity index (χ1v) is 6.97. The number of benzene rings is 2. The number of rotatable bonds is 3. The van der Waals surface area contributed by atoms with E-state index in [4.69, 9.17) is 21.1 Å². The summed E-state index contributed by atoms with van der Waals surface area (Å²) in [4.78, 5) is 12.3. The second-order valence-electron chi connectivity index (χ2n) is 4.82. The standard InChI is InChI=1S/C16H14ClNO3/c1-10(11-3-2-4-13(17)7-11)18-16(19)12-5-6-14-15(8-12)21-9-20-14/h2-8,10H,9H2,1H3,(H,18,19)/t10-/m0/s1. The zero-order valence-corrected chi connectivity index (χ0v) is 12.2. The average molecular weight is 304 g/mol. The van der Waals surface area contributed by atoms with Crippen LogP contribution in [0.2, 0.25) is 5.02 Å². The fourth-order valence-corrected chi connectivity index (χ4v) is 2.38. The number of hydrogen-bond donors (Lipinski definition) is 1. The zero-order valence-electron chi connectivity index (χ0n) is 11.4. The van der Waals surface area contributed by atoms with Crippen molar-refractivity contribution in [3.05, 3.63) is 58.6 Å². The van der Waals surface area contributed by atoms with Gasteiger partial charge in [0.25, 0.3) is 5.91 Å². The van der Waals surface area contributed by atoms with Crippen molar-refractivity contribution in [2.45, 2.75) is 13.0 Å². The molecule has 1 aliphatic rings. The van der Waals surface area contributed by atoms with Crippen LogP contribution >= 0.6 is 11.6 Å². The van der Waals surface area contributed by atoms with Crippen molar-refractivity contribution in [1.29, 1.82) is 0 Å². The number of halogens is 1. The van der Waals surface area contributed by atoms with Crippen LogP contribution in [0.25, 0.3) is 0 Å². The molecule has 0 saturated heterocycles. The average Bonchev–Trinajstić information content (AvgIpc) is 2.94. The molecule has 0 saturated carbocycles. The third kappa shape index (κ3) is 2.95. The van der Waals surface area contributed by atoms with Crippen molar-refractivity contribution in [3.8, 4) is 11.5 Å². The summed E-state index contributed by atoms with van der Waals surface area (Å²) in [7, 11) is 0. The van der Waals surface area contributed by atoms with Gasteiger partial charge in [0.05, 0.1) is 6.04 Å². The minimum atomic E-state index is -0.166. The van der Waals surface area contributed by atoms with Crippen LogP contribution in [0.5, 0.6) is 11.5 Å². The first-order chi connectivity index (χ1) is 10.1. The molecule has 1 N–H and O–H groups in total. The molecule has 0 unspecified atom stereocenters. The third-order valence-electron chi connectivity index (χ3n) is 3.33. The van der Waals surface area contributed by atoms with Gasteiger partial charge < -0.3 is 14.8 Å². The molecule has 2 aromatic rings. The maximum Gasteiger partial charge on any atom is 0.251 e. The number of carbonyl (C=O) groups excluding carboxylic acids is 1. The number of amides is 1. The molecule has 0 spiro atoms. The van der Waals surface area contributed by atoms with Crippen molar-refractivity contribution in [2.24, 2.45) is 0 Å². The molecule has 0 radical (unpaired) electrons. The molecule has 1 amide bonds. The van der Waals surface area contributed by atoms with Gasteiger partial charge in [0, 0.05) is 10.6 Å². The van der Waals surface area contributed by atoms with Gasteiger partial charge in [-0.15, -0.1) is 0 Å². The van der Waals surface area contributed by atoms with Gasteiger partial charge in [-0.1, -0.05) is 23.7 Å². The van der Waals surface area contributed by atoms with E-state index in [1.165, 1.54) is 0 Å².